The highest BCUT2D eigenvalue weighted by atomic mass is 32.1. The standard InChI is InChI=1S/C27H25N5O2S/c1-4-24-30-25-15(2)11-16(3)28-26(25)32(24)14-18-12-21-20(13-23-29-27(33)34-31-23)19-8-6-5-7-17(19)9-10-22(21)35-18/h5-8,11-13H,4,9-10,14H2,1-3H3,(H,29,31,33)/b20-13-. The van der Waals surface area contributed by atoms with Crippen LogP contribution < -0.4 is 5.76 Å². The minimum Gasteiger partial charge on any atom is -0.307 e. The molecule has 0 radical (unpaired) electrons. The Morgan fingerprint density at radius 2 is 2.00 bits per heavy atom. The van der Waals surface area contributed by atoms with Gasteiger partial charge in [0, 0.05) is 21.9 Å². The average molecular weight is 484 g/mol. The minimum atomic E-state index is -0.554. The number of benzene rings is 1. The topological polar surface area (TPSA) is 89.6 Å². The Balaban J connectivity index is 1.48. The smallest absolute Gasteiger partial charge is 0.307 e. The third-order valence-electron chi connectivity index (χ3n) is 6.55. The lowest BCUT2D eigenvalue weighted by atomic mass is 9.95. The molecule has 0 saturated heterocycles. The van der Waals surface area contributed by atoms with E-state index in [0.29, 0.717) is 5.82 Å². The number of H-pyrrole nitrogens is 1. The van der Waals surface area contributed by atoms with Crippen molar-refractivity contribution >= 4 is 34.1 Å². The normalized spacial score (nSPS) is 14.3. The summed E-state index contributed by atoms with van der Waals surface area (Å²) in [5, 5.41) is 3.89. The molecule has 0 spiro atoms. The highest BCUT2D eigenvalue weighted by molar-refractivity contribution is 7.12. The van der Waals surface area contributed by atoms with Gasteiger partial charge in [0.25, 0.3) is 0 Å². The highest BCUT2D eigenvalue weighted by Gasteiger charge is 2.22. The third kappa shape index (κ3) is 3.83. The number of nitrogens with one attached hydrogen (secondary N) is 1. The van der Waals surface area contributed by atoms with E-state index >= 15 is 0 Å². The van der Waals surface area contributed by atoms with E-state index in [0.717, 1.165) is 65.2 Å². The van der Waals surface area contributed by atoms with Crippen LogP contribution in [-0.4, -0.2) is 24.7 Å². The molecule has 7 nitrogen and oxygen atoms in total. The molecule has 0 saturated carbocycles. The van der Waals surface area contributed by atoms with Gasteiger partial charge in [-0.1, -0.05) is 36.3 Å². The lowest BCUT2D eigenvalue weighted by Gasteiger charge is -2.09. The van der Waals surface area contributed by atoms with Crippen molar-refractivity contribution in [3.8, 4) is 0 Å². The van der Waals surface area contributed by atoms with Gasteiger partial charge in [-0.05, 0) is 72.7 Å². The molecule has 1 aliphatic carbocycles. The summed E-state index contributed by atoms with van der Waals surface area (Å²) in [6.07, 6.45) is 4.69. The number of nitrogens with zero attached hydrogens (tertiary/aromatic N) is 4. The molecule has 4 aromatic heterocycles. The first kappa shape index (κ1) is 21.7. The largest absolute Gasteiger partial charge is 0.439 e. The fourth-order valence-corrected chi connectivity index (χ4v) is 6.18. The first-order chi connectivity index (χ1) is 17.0. The van der Waals surface area contributed by atoms with Crippen molar-refractivity contribution < 1.29 is 4.52 Å². The molecular weight excluding hydrogens is 458 g/mol. The highest BCUT2D eigenvalue weighted by Crippen LogP contribution is 2.39. The van der Waals surface area contributed by atoms with Crippen molar-refractivity contribution in [2.75, 3.05) is 0 Å². The predicted molar refractivity (Wildman–Crippen MR) is 138 cm³/mol. The third-order valence-corrected chi connectivity index (χ3v) is 7.73. The van der Waals surface area contributed by atoms with Crippen LogP contribution in [-0.2, 0) is 25.8 Å². The van der Waals surface area contributed by atoms with Crippen molar-refractivity contribution in [3.63, 3.8) is 0 Å². The first-order valence-corrected chi connectivity index (χ1v) is 12.6. The molecule has 8 heteroatoms. The van der Waals surface area contributed by atoms with E-state index in [4.69, 9.17) is 14.5 Å². The van der Waals surface area contributed by atoms with Crippen LogP contribution in [0.5, 0.6) is 0 Å². The number of aromatic amines is 1. The molecule has 1 aromatic carbocycles. The van der Waals surface area contributed by atoms with Gasteiger partial charge in [0.15, 0.2) is 11.5 Å². The van der Waals surface area contributed by atoms with Crippen LogP contribution in [0.25, 0.3) is 22.8 Å². The molecule has 0 atom stereocenters. The van der Waals surface area contributed by atoms with Crippen LogP contribution in [0.3, 0.4) is 0 Å². The van der Waals surface area contributed by atoms with Crippen LogP contribution in [0.15, 0.2) is 45.7 Å². The molecule has 0 amide bonds. The van der Waals surface area contributed by atoms with E-state index in [1.165, 1.54) is 20.9 Å². The molecule has 0 aliphatic heterocycles. The van der Waals surface area contributed by atoms with E-state index < -0.39 is 5.76 Å². The van der Waals surface area contributed by atoms with Gasteiger partial charge in [-0.25, -0.2) is 14.8 Å². The van der Waals surface area contributed by atoms with Gasteiger partial charge in [-0.2, -0.15) is 0 Å². The number of hydrogen-bond donors (Lipinski definition) is 1. The Kier molecular flexibility index (Phi) is 5.25. The summed E-state index contributed by atoms with van der Waals surface area (Å²) in [6.45, 7) is 7.00. The Morgan fingerprint density at radius 3 is 2.80 bits per heavy atom. The summed E-state index contributed by atoms with van der Waals surface area (Å²) in [6, 6.07) is 12.8. The molecule has 4 heterocycles. The number of fused-ring (bicyclic) bond motifs is 3. The predicted octanol–water partition coefficient (Wildman–Crippen LogP) is 5.08. The first-order valence-electron chi connectivity index (χ1n) is 11.8. The lowest BCUT2D eigenvalue weighted by molar-refractivity contribution is 0.385. The van der Waals surface area contributed by atoms with Crippen LogP contribution in [0.1, 0.15) is 56.3 Å². The van der Waals surface area contributed by atoms with E-state index in [-0.39, 0.29) is 0 Å². The van der Waals surface area contributed by atoms with Gasteiger partial charge >= 0.3 is 5.76 Å². The fourth-order valence-electron chi connectivity index (χ4n) is 5.01. The maximum absolute atomic E-state index is 11.6. The van der Waals surface area contributed by atoms with Gasteiger partial charge in [0.1, 0.15) is 11.3 Å². The zero-order valence-corrected chi connectivity index (χ0v) is 20.7. The van der Waals surface area contributed by atoms with Crippen molar-refractivity contribution in [2.45, 2.75) is 46.6 Å². The molecule has 35 heavy (non-hydrogen) atoms. The molecule has 176 valence electrons. The van der Waals surface area contributed by atoms with Crippen molar-refractivity contribution in [1.82, 2.24) is 24.7 Å². The number of pyridine rings is 1. The summed E-state index contributed by atoms with van der Waals surface area (Å²) in [7, 11) is 0. The van der Waals surface area contributed by atoms with Gasteiger partial charge in [0.05, 0.1) is 6.54 Å². The molecule has 6 rings (SSSR count). The van der Waals surface area contributed by atoms with Crippen molar-refractivity contribution in [1.29, 1.82) is 0 Å². The van der Waals surface area contributed by atoms with Gasteiger partial charge in [-0.15, -0.1) is 11.3 Å². The Morgan fingerprint density at radius 1 is 1.14 bits per heavy atom. The molecule has 5 aromatic rings. The molecule has 1 aliphatic rings. The van der Waals surface area contributed by atoms with Crippen molar-refractivity contribution in [3.05, 3.63) is 96.3 Å². The zero-order valence-electron chi connectivity index (χ0n) is 19.9. The number of rotatable bonds is 4. The second kappa shape index (κ2) is 8.46. The van der Waals surface area contributed by atoms with E-state index in [1.54, 1.807) is 0 Å². The summed E-state index contributed by atoms with van der Waals surface area (Å²) < 4.78 is 7.01. The van der Waals surface area contributed by atoms with Crippen LogP contribution in [0.2, 0.25) is 0 Å². The van der Waals surface area contributed by atoms with Crippen LogP contribution in [0.4, 0.5) is 0 Å². The van der Waals surface area contributed by atoms with E-state index in [2.05, 4.69) is 65.0 Å². The maximum Gasteiger partial charge on any atom is 0.439 e. The monoisotopic (exact) mass is 483 g/mol. The van der Waals surface area contributed by atoms with Crippen LogP contribution in [0, 0.1) is 13.8 Å². The average Bonchev–Trinajstić information content (AvgIpc) is 3.51. The molecule has 0 fully saturated rings. The minimum absolute atomic E-state index is 0.421. The SMILES string of the molecule is CCc1nc2c(C)cc(C)nc2n1Cc1cc2c(s1)CCc1ccccc1/C2=C/c1noc(=O)[nH]1. The Labute approximate surface area is 206 Å². The molecule has 1 N–H and O–H groups in total. The Hall–Kier alpha value is -3.78. The number of hydrogen-bond acceptors (Lipinski definition) is 6. The quantitative estimate of drug-likeness (QED) is 0.385. The molecule has 0 unspecified atom stereocenters. The number of aryl methyl sites for hydroxylation is 5. The maximum atomic E-state index is 11.6. The fraction of sp³-hybridized carbons (Fsp3) is 0.259. The number of imidazole rings is 1. The summed E-state index contributed by atoms with van der Waals surface area (Å²) in [5.41, 5.74) is 8.78. The molecular formula is C27H25N5O2S. The van der Waals surface area contributed by atoms with Crippen LogP contribution >= 0.6 is 11.3 Å². The number of thiophene rings is 1. The van der Waals surface area contributed by atoms with Gasteiger partial charge in [-0.3, -0.25) is 9.51 Å². The lowest BCUT2D eigenvalue weighted by Crippen LogP contribution is -2.04. The van der Waals surface area contributed by atoms with E-state index in [9.17, 15) is 4.79 Å². The second-order valence-corrected chi connectivity index (χ2v) is 10.2. The van der Waals surface area contributed by atoms with E-state index in [1.807, 2.05) is 24.3 Å². The Bertz CT molecular complexity index is 1670. The molecule has 0 bridgehead atoms. The zero-order chi connectivity index (χ0) is 24.1. The summed E-state index contributed by atoms with van der Waals surface area (Å²) in [4.78, 5) is 26.6. The number of aromatic nitrogens is 5. The van der Waals surface area contributed by atoms with Crippen molar-refractivity contribution in [2.24, 2.45) is 0 Å². The summed E-state index contributed by atoms with van der Waals surface area (Å²) >= 11 is 1.84. The van der Waals surface area contributed by atoms with Gasteiger partial charge in [0.2, 0.25) is 0 Å². The second-order valence-electron chi connectivity index (χ2n) is 8.97. The summed E-state index contributed by atoms with van der Waals surface area (Å²) in [5.74, 6) is 0.915. The van der Waals surface area contributed by atoms with Gasteiger partial charge < -0.3 is 4.57 Å².